The van der Waals surface area contributed by atoms with Crippen LogP contribution in [0.25, 0.3) is 0 Å². The second-order valence-electron chi connectivity index (χ2n) is 3.01. The summed E-state index contributed by atoms with van der Waals surface area (Å²) in [5.41, 5.74) is 6.44. The molecule has 0 aromatic carbocycles. The van der Waals surface area contributed by atoms with Crippen molar-refractivity contribution in [3.8, 4) is 0 Å². The van der Waals surface area contributed by atoms with E-state index in [1.165, 1.54) is 0 Å². The van der Waals surface area contributed by atoms with Crippen molar-refractivity contribution in [3.05, 3.63) is 18.3 Å². The predicted molar refractivity (Wildman–Crippen MR) is 55.1 cm³/mol. The van der Waals surface area contributed by atoms with Gasteiger partial charge in [-0.25, -0.2) is 0 Å². The van der Waals surface area contributed by atoms with Crippen LogP contribution in [0.1, 0.15) is 0 Å². The van der Waals surface area contributed by atoms with Crippen LogP contribution < -0.4 is 10.3 Å². The topological polar surface area (TPSA) is 74.4 Å². The van der Waals surface area contributed by atoms with E-state index in [0.29, 0.717) is 12.3 Å². The van der Waals surface area contributed by atoms with E-state index < -0.39 is 6.16 Å². The Morgan fingerprint density at radius 1 is 1.67 bits per heavy atom. The summed E-state index contributed by atoms with van der Waals surface area (Å²) in [4.78, 5) is 14.8. The number of cyclic esters (lactones) is 2. The van der Waals surface area contributed by atoms with Crippen LogP contribution in [0.4, 0.5) is 10.5 Å². The van der Waals surface area contributed by atoms with E-state index in [2.05, 4.69) is 9.72 Å². The summed E-state index contributed by atoms with van der Waals surface area (Å²) in [6, 6.07) is 3.62. The third-order valence-electron chi connectivity index (χ3n) is 1.86. The van der Waals surface area contributed by atoms with Gasteiger partial charge >= 0.3 is 92.7 Å². The SMILES string of the molecule is Nc1cccnc1[Se]CC1COC(=O)O1. The molecular weight excluding hydrogens is 263 g/mol. The van der Waals surface area contributed by atoms with Gasteiger partial charge in [0, 0.05) is 0 Å². The number of carbonyl (C=O) groups excluding carboxylic acids is 1. The summed E-state index contributed by atoms with van der Waals surface area (Å²) < 4.78 is 10.5. The molecule has 2 rings (SSSR count). The average molecular weight is 273 g/mol. The van der Waals surface area contributed by atoms with Crippen LogP contribution in [0.3, 0.4) is 0 Å². The number of nitrogen functional groups attached to an aromatic ring is 1. The van der Waals surface area contributed by atoms with Crippen LogP contribution in [-0.4, -0.2) is 38.8 Å². The number of anilines is 1. The first-order chi connectivity index (χ1) is 7.25. The normalized spacial score (nSPS) is 19.7. The molecular formula is C9H10N2O3Se. The van der Waals surface area contributed by atoms with E-state index in [9.17, 15) is 4.79 Å². The number of nitrogens with zero attached hydrogens (tertiary/aromatic N) is 1. The third-order valence-corrected chi connectivity index (χ3v) is 4.28. The molecule has 1 atom stereocenters. The monoisotopic (exact) mass is 274 g/mol. The van der Waals surface area contributed by atoms with Gasteiger partial charge in [0.25, 0.3) is 0 Å². The van der Waals surface area contributed by atoms with Crippen molar-refractivity contribution < 1.29 is 14.3 Å². The first kappa shape index (κ1) is 10.3. The summed E-state index contributed by atoms with van der Waals surface area (Å²) in [6.07, 6.45) is 0.994. The van der Waals surface area contributed by atoms with Gasteiger partial charge in [-0.05, 0) is 0 Å². The Balaban J connectivity index is 1.88. The number of pyridine rings is 1. The quantitative estimate of drug-likeness (QED) is 0.617. The fraction of sp³-hybridized carbons (Fsp3) is 0.333. The molecule has 15 heavy (non-hydrogen) atoms. The number of nitrogens with two attached hydrogens (primary N) is 1. The van der Waals surface area contributed by atoms with Crippen molar-refractivity contribution in [2.24, 2.45) is 0 Å². The van der Waals surface area contributed by atoms with E-state index >= 15 is 0 Å². The predicted octanol–water partition coefficient (Wildman–Crippen LogP) is -0.0530. The molecule has 80 valence electrons. The molecule has 0 radical (unpaired) electrons. The van der Waals surface area contributed by atoms with Gasteiger partial charge in [0.15, 0.2) is 0 Å². The molecule has 1 aliphatic heterocycles. The van der Waals surface area contributed by atoms with Crippen LogP contribution in [0, 0.1) is 0 Å². The fourth-order valence-corrected chi connectivity index (χ4v) is 2.99. The molecule has 5 nitrogen and oxygen atoms in total. The fourth-order valence-electron chi connectivity index (χ4n) is 1.14. The van der Waals surface area contributed by atoms with Crippen LogP contribution >= 0.6 is 0 Å². The van der Waals surface area contributed by atoms with Gasteiger partial charge in [-0.1, -0.05) is 0 Å². The van der Waals surface area contributed by atoms with Crippen LogP contribution in [-0.2, 0) is 9.47 Å². The Hall–Kier alpha value is -1.26. The Labute approximate surface area is 93.1 Å². The molecule has 0 amide bonds. The molecule has 0 saturated carbocycles. The maximum atomic E-state index is 10.7. The summed E-state index contributed by atoms with van der Waals surface area (Å²) in [5, 5.41) is 0.750. The molecule has 1 unspecified atom stereocenters. The second kappa shape index (κ2) is 4.51. The zero-order valence-electron chi connectivity index (χ0n) is 7.88. The van der Waals surface area contributed by atoms with E-state index in [0.717, 1.165) is 9.91 Å². The maximum absolute atomic E-state index is 10.7. The van der Waals surface area contributed by atoms with Gasteiger partial charge in [-0.2, -0.15) is 0 Å². The standard InChI is InChI=1S/C9H10N2O3Se/c10-7-2-1-3-11-8(7)15-5-6-4-13-9(12)14-6/h1-3,6H,4-5,10H2. The van der Waals surface area contributed by atoms with Gasteiger partial charge < -0.3 is 0 Å². The second-order valence-corrected chi connectivity index (χ2v) is 5.13. The Kier molecular flexibility index (Phi) is 3.08. The van der Waals surface area contributed by atoms with Gasteiger partial charge in [-0.3, -0.25) is 0 Å². The molecule has 1 aromatic heterocycles. The number of hydrogen-bond donors (Lipinski definition) is 1. The zero-order chi connectivity index (χ0) is 10.7. The number of aromatic nitrogens is 1. The number of rotatable bonds is 3. The van der Waals surface area contributed by atoms with Crippen molar-refractivity contribution in [1.82, 2.24) is 4.98 Å². The molecule has 6 heteroatoms. The number of hydrogen-bond acceptors (Lipinski definition) is 5. The third kappa shape index (κ3) is 2.61. The van der Waals surface area contributed by atoms with Crippen molar-refractivity contribution in [2.45, 2.75) is 11.4 Å². The molecule has 2 heterocycles. The Morgan fingerprint density at radius 3 is 3.20 bits per heavy atom. The van der Waals surface area contributed by atoms with Crippen LogP contribution in [0.15, 0.2) is 18.3 Å². The molecule has 1 aromatic rings. The van der Waals surface area contributed by atoms with E-state index in [4.69, 9.17) is 10.5 Å². The van der Waals surface area contributed by atoms with Crippen molar-refractivity contribution >= 4 is 31.4 Å². The zero-order valence-corrected chi connectivity index (χ0v) is 9.59. The first-order valence-corrected chi connectivity index (χ1v) is 6.49. The van der Waals surface area contributed by atoms with Gasteiger partial charge in [0.2, 0.25) is 0 Å². The van der Waals surface area contributed by atoms with Gasteiger partial charge in [-0.15, -0.1) is 0 Å². The molecule has 1 saturated heterocycles. The minimum atomic E-state index is -0.579. The van der Waals surface area contributed by atoms with Crippen molar-refractivity contribution in [1.29, 1.82) is 0 Å². The van der Waals surface area contributed by atoms with Gasteiger partial charge in [0.05, 0.1) is 0 Å². The Bertz CT molecular complexity index is 372. The molecule has 0 spiro atoms. The average Bonchev–Trinajstić information content (AvgIpc) is 2.63. The van der Waals surface area contributed by atoms with E-state index in [1.54, 1.807) is 12.3 Å². The number of ether oxygens (including phenoxy) is 2. The minimum absolute atomic E-state index is 0.115. The molecule has 1 fully saturated rings. The van der Waals surface area contributed by atoms with Crippen LogP contribution in [0.2, 0.25) is 5.32 Å². The van der Waals surface area contributed by atoms with Crippen molar-refractivity contribution in [3.63, 3.8) is 0 Å². The van der Waals surface area contributed by atoms with Crippen molar-refractivity contribution in [2.75, 3.05) is 12.3 Å². The van der Waals surface area contributed by atoms with E-state index in [1.807, 2.05) is 6.07 Å². The first-order valence-electron chi connectivity index (χ1n) is 4.42. The summed E-state index contributed by atoms with van der Waals surface area (Å²) in [6.45, 7) is 0.341. The molecule has 0 aliphatic carbocycles. The molecule has 2 N–H and O–H groups in total. The summed E-state index contributed by atoms with van der Waals surface area (Å²) in [5.74, 6) is 0. The van der Waals surface area contributed by atoms with Gasteiger partial charge in [0.1, 0.15) is 0 Å². The van der Waals surface area contributed by atoms with Crippen LogP contribution in [0.5, 0.6) is 0 Å². The summed E-state index contributed by atoms with van der Waals surface area (Å²) in [7, 11) is 0. The van der Waals surface area contributed by atoms with E-state index in [-0.39, 0.29) is 21.1 Å². The molecule has 0 bridgehead atoms. The molecule has 1 aliphatic rings. The Morgan fingerprint density at radius 2 is 2.53 bits per heavy atom. The number of carbonyl (C=O) groups is 1. The summed E-state index contributed by atoms with van der Waals surface area (Å²) >= 11 is 0.115.